The summed E-state index contributed by atoms with van der Waals surface area (Å²) >= 11 is 5.75. The summed E-state index contributed by atoms with van der Waals surface area (Å²) in [6.45, 7) is 2.30. The van der Waals surface area contributed by atoms with E-state index in [2.05, 4.69) is 0 Å². The third-order valence-corrected chi connectivity index (χ3v) is 3.18. The molecule has 0 saturated carbocycles. The van der Waals surface area contributed by atoms with Gasteiger partial charge >= 0.3 is 0 Å². The first-order chi connectivity index (χ1) is 9.56. The molecule has 2 aromatic carbocycles. The third-order valence-electron chi connectivity index (χ3n) is 2.89. The number of ether oxygens (including phenoxy) is 1. The molecule has 0 amide bonds. The molecule has 0 fully saturated rings. The number of rotatable bonds is 5. The van der Waals surface area contributed by atoms with Crippen molar-refractivity contribution in [2.24, 2.45) is 5.73 Å². The van der Waals surface area contributed by atoms with Crippen LogP contribution in [0.3, 0.4) is 0 Å². The van der Waals surface area contributed by atoms with Gasteiger partial charge in [0.25, 0.3) is 0 Å². The number of benzene rings is 2. The first-order valence-electron chi connectivity index (χ1n) is 6.46. The van der Waals surface area contributed by atoms with Crippen LogP contribution >= 0.6 is 11.6 Å². The molecule has 20 heavy (non-hydrogen) atoms. The summed E-state index contributed by atoms with van der Waals surface area (Å²) in [6.07, 6.45) is 0.750. The molecule has 0 radical (unpaired) electrons. The summed E-state index contributed by atoms with van der Waals surface area (Å²) in [6, 6.07) is 12.4. The Morgan fingerprint density at radius 1 is 1.25 bits per heavy atom. The van der Waals surface area contributed by atoms with Gasteiger partial charge in [-0.2, -0.15) is 0 Å². The standard InChI is InChI=1S/C16H17ClFNO/c1-11(19)8-13-4-2-3-5-16(13)20-10-12-6-7-15(18)14(17)9-12/h2-7,9,11H,8,10,19H2,1H3. The summed E-state index contributed by atoms with van der Waals surface area (Å²) in [5.41, 5.74) is 7.71. The number of hydrogen-bond donors (Lipinski definition) is 1. The average molecular weight is 294 g/mol. The Labute approximate surface area is 123 Å². The van der Waals surface area contributed by atoms with E-state index >= 15 is 0 Å². The van der Waals surface area contributed by atoms with Crippen LogP contribution in [0.4, 0.5) is 4.39 Å². The summed E-state index contributed by atoms with van der Waals surface area (Å²) in [5, 5.41) is 0.106. The third kappa shape index (κ3) is 3.95. The van der Waals surface area contributed by atoms with Crippen molar-refractivity contribution in [1.82, 2.24) is 0 Å². The Morgan fingerprint density at radius 3 is 2.70 bits per heavy atom. The quantitative estimate of drug-likeness (QED) is 0.906. The lowest BCUT2D eigenvalue weighted by Crippen LogP contribution is -2.18. The zero-order valence-electron chi connectivity index (χ0n) is 11.3. The Hall–Kier alpha value is -1.58. The maximum absolute atomic E-state index is 13.1. The first-order valence-corrected chi connectivity index (χ1v) is 6.84. The predicted octanol–water partition coefficient (Wildman–Crippen LogP) is 3.95. The van der Waals surface area contributed by atoms with E-state index in [1.807, 2.05) is 31.2 Å². The molecule has 0 saturated heterocycles. The van der Waals surface area contributed by atoms with Crippen LogP contribution in [0.1, 0.15) is 18.1 Å². The van der Waals surface area contributed by atoms with E-state index in [-0.39, 0.29) is 11.1 Å². The molecule has 1 atom stereocenters. The van der Waals surface area contributed by atoms with Gasteiger partial charge in [0.2, 0.25) is 0 Å². The number of hydrogen-bond acceptors (Lipinski definition) is 2. The lowest BCUT2D eigenvalue weighted by Gasteiger charge is -2.13. The normalized spacial score (nSPS) is 12.2. The Bertz CT molecular complexity index is 586. The van der Waals surface area contributed by atoms with Gasteiger partial charge < -0.3 is 10.5 Å². The second kappa shape index (κ2) is 6.73. The molecule has 0 aliphatic rings. The van der Waals surface area contributed by atoms with Gasteiger partial charge in [-0.1, -0.05) is 35.9 Å². The molecule has 2 rings (SSSR count). The lowest BCUT2D eigenvalue weighted by atomic mass is 10.1. The molecule has 106 valence electrons. The van der Waals surface area contributed by atoms with Crippen LogP contribution in [0.15, 0.2) is 42.5 Å². The Balaban J connectivity index is 2.08. The van der Waals surface area contributed by atoms with E-state index in [0.29, 0.717) is 6.61 Å². The first kappa shape index (κ1) is 14.8. The van der Waals surface area contributed by atoms with E-state index in [1.54, 1.807) is 12.1 Å². The number of halogens is 2. The minimum atomic E-state index is -0.423. The smallest absolute Gasteiger partial charge is 0.141 e. The molecule has 0 aliphatic carbocycles. The van der Waals surface area contributed by atoms with E-state index in [0.717, 1.165) is 23.3 Å². The van der Waals surface area contributed by atoms with Crippen LogP contribution in [0.5, 0.6) is 5.75 Å². The van der Waals surface area contributed by atoms with Gasteiger partial charge in [-0.05, 0) is 42.7 Å². The van der Waals surface area contributed by atoms with Crippen LogP contribution < -0.4 is 10.5 Å². The largest absolute Gasteiger partial charge is 0.489 e. The average Bonchev–Trinajstić information content (AvgIpc) is 2.41. The molecule has 0 heterocycles. The summed E-state index contributed by atoms with van der Waals surface area (Å²) in [5.74, 6) is 0.373. The van der Waals surface area contributed by atoms with E-state index in [4.69, 9.17) is 22.1 Å². The van der Waals surface area contributed by atoms with Crippen molar-refractivity contribution >= 4 is 11.6 Å². The van der Waals surface area contributed by atoms with Crippen molar-refractivity contribution in [3.8, 4) is 5.75 Å². The minimum Gasteiger partial charge on any atom is -0.489 e. The zero-order chi connectivity index (χ0) is 14.5. The highest BCUT2D eigenvalue weighted by Crippen LogP contribution is 2.22. The highest BCUT2D eigenvalue weighted by atomic mass is 35.5. The van der Waals surface area contributed by atoms with Gasteiger partial charge in [0.15, 0.2) is 0 Å². The fraction of sp³-hybridized carbons (Fsp3) is 0.250. The molecule has 2 nitrogen and oxygen atoms in total. The van der Waals surface area contributed by atoms with Crippen molar-refractivity contribution in [2.75, 3.05) is 0 Å². The van der Waals surface area contributed by atoms with Gasteiger partial charge in [0, 0.05) is 6.04 Å². The van der Waals surface area contributed by atoms with Gasteiger partial charge in [-0.3, -0.25) is 0 Å². The summed E-state index contributed by atoms with van der Waals surface area (Å²) < 4.78 is 18.9. The highest BCUT2D eigenvalue weighted by Gasteiger charge is 2.07. The summed E-state index contributed by atoms with van der Waals surface area (Å²) in [7, 11) is 0. The second-order valence-corrected chi connectivity index (χ2v) is 5.23. The van der Waals surface area contributed by atoms with Crippen molar-refractivity contribution in [3.63, 3.8) is 0 Å². The topological polar surface area (TPSA) is 35.2 Å². The fourth-order valence-electron chi connectivity index (χ4n) is 1.95. The number of para-hydroxylation sites is 1. The molecule has 0 bridgehead atoms. The Kier molecular flexibility index (Phi) is 4.99. The van der Waals surface area contributed by atoms with Crippen LogP contribution in [-0.2, 0) is 13.0 Å². The van der Waals surface area contributed by atoms with Gasteiger partial charge in [-0.15, -0.1) is 0 Å². The molecule has 2 aromatic rings. The van der Waals surface area contributed by atoms with Gasteiger partial charge in [0.1, 0.15) is 18.2 Å². The predicted molar refractivity (Wildman–Crippen MR) is 79.5 cm³/mol. The van der Waals surface area contributed by atoms with Crippen LogP contribution in [-0.4, -0.2) is 6.04 Å². The van der Waals surface area contributed by atoms with Crippen LogP contribution in [0.25, 0.3) is 0 Å². The van der Waals surface area contributed by atoms with Crippen LogP contribution in [0, 0.1) is 5.82 Å². The van der Waals surface area contributed by atoms with E-state index in [9.17, 15) is 4.39 Å². The molecule has 0 aromatic heterocycles. The molecule has 0 spiro atoms. The van der Waals surface area contributed by atoms with Crippen molar-refractivity contribution < 1.29 is 9.13 Å². The molecule has 4 heteroatoms. The van der Waals surface area contributed by atoms with Crippen LogP contribution in [0.2, 0.25) is 5.02 Å². The highest BCUT2D eigenvalue weighted by molar-refractivity contribution is 6.30. The Morgan fingerprint density at radius 2 is 2.00 bits per heavy atom. The SMILES string of the molecule is CC(N)Cc1ccccc1OCc1ccc(F)c(Cl)c1. The molecular formula is C16H17ClFNO. The maximum atomic E-state index is 13.1. The second-order valence-electron chi connectivity index (χ2n) is 4.83. The molecule has 2 N–H and O–H groups in total. The van der Waals surface area contributed by atoms with E-state index < -0.39 is 5.82 Å². The van der Waals surface area contributed by atoms with Crippen molar-refractivity contribution in [3.05, 3.63) is 64.4 Å². The van der Waals surface area contributed by atoms with Crippen molar-refractivity contribution in [2.45, 2.75) is 26.0 Å². The zero-order valence-corrected chi connectivity index (χ0v) is 12.0. The molecule has 0 aliphatic heterocycles. The monoisotopic (exact) mass is 293 g/mol. The maximum Gasteiger partial charge on any atom is 0.141 e. The molecular weight excluding hydrogens is 277 g/mol. The van der Waals surface area contributed by atoms with Gasteiger partial charge in [-0.25, -0.2) is 4.39 Å². The lowest BCUT2D eigenvalue weighted by molar-refractivity contribution is 0.302. The van der Waals surface area contributed by atoms with Crippen molar-refractivity contribution in [1.29, 1.82) is 0 Å². The van der Waals surface area contributed by atoms with Gasteiger partial charge in [0.05, 0.1) is 5.02 Å². The minimum absolute atomic E-state index is 0.0695. The molecule has 1 unspecified atom stereocenters. The summed E-state index contributed by atoms with van der Waals surface area (Å²) in [4.78, 5) is 0. The van der Waals surface area contributed by atoms with E-state index in [1.165, 1.54) is 6.07 Å². The fourth-order valence-corrected chi connectivity index (χ4v) is 2.15. The number of nitrogens with two attached hydrogens (primary N) is 1.